The van der Waals surface area contributed by atoms with Crippen LogP contribution in [0.1, 0.15) is 18.1 Å². The summed E-state index contributed by atoms with van der Waals surface area (Å²) in [5.41, 5.74) is 2.20. The van der Waals surface area contributed by atoms with Crippen LogP contribution in [0.5, 0.6) is 5.75 Å². The number of nitrogens with one attached hydrogen (secondary N) is 1. The lowest BCUT2D eigenvalue weighted by molar-refractivity contribution is -0.117. The highest BCUT2D eigenvalue weighted by Gasteiger charge is 2.15. The van der Waals surface area contributed by atoms with Gasteiger partial charge in [-0.25, -0.2) is 4.98 Å². The van der Waals surface area contributed by atoms with Crippen molar-refractivity contribution in [3.05, 3.63) is 53.7 Å². The number of aromatic nitrogens is 1. The van der Waals surface area contributed by atoms with Crippen molar-refractivity contribution in [1.29, 1.82) is 0 Å². The van der Waals surface area contributed by atoms with Gasteiger partial charge >= 0.3 is 0 Å². The van der Waals surface area contributed by atoms with Crippen molar-refractivity contribution in [2.45, 2.75) is 26.3 Å². The highest BCUT2D eigenvalue weighted by Crippen LogP contribution is 2.20. The minimum Gasteiger partial charge on any atom is -0.496 e. The molecule has 2 rings (SSSR count). The van der Waals surface area contributed by atoms with Gasteiger partial charge in [0.15, 0.2) is 0 Å². The highest BCUT2D eigenvalue weighted by molar-refractivity contribution is 5.91. The minimum absolute atomic E-state index is 0.0688. The summed E-state index contributed by atoms with van der Waals surface area (Å²) < 4.78 is 5.39. The summed E-state index contributed by atoms with van der Waals surface area (Å²) in [7, 11) is 3.62. The SMILES string of the molecule is COc1ccccc1CC(C)N(C)CC(=O)Nc1ccc(C)cn1. The van der Waals surface area contributed by atoms with Crippen LogP contribution in [0.15, 0.2) is 42.6 Å². The third-order valence-electron chi connectivity index (χ3n) is 4.03. The lowest BCUT2D eigenvalue weighted by Crippen LogP contribution is -2.37. The molecule has 2 aromatic rings. The Balaban J connectivity index is 1.89. The fourth-order valence-corrected chi connectivity index (χ4v) is 2.45. The summed E-state index contributed by atoms with van der Waals surface area (Å²) in [6, 6.07) is 11.9. The quantitative estimate of drug-likeness (QED) is 0.849. The molecule has 1 N–H and O–H groups in total. The van der Waals surface area contributed by atoms with Gasteiger partial charge in [-0.2, -0.15) is 0 Å². The predicted octanol–water partition coefficient (Wildman–Crippen LogP) is 2.90. The highest BCUT2D eigenvalue weighted by atomic mass is 16.5. The van der Waals surface area contributed by atoms with Crippen LogP contribution in [0, 0.1) is 6.92 Å². The van der Waals surface area contributed by atoms with Crippen LogP contribution in [0.2, 0.25) is 0 Å². The van der Waals surface area contributed by atoms with Gasteiger partial charge in [0, 0.05) is 12.2 Å². The van der Waals surface area contributed by atoms with E-state index in [0.717, 1.165) is 23.3 Å². The summed E-state index contributed by atoms with van der Waals surface area (Å²) in [5.74, 6) is 1.39. The molecule has 5 heteroatoms. The second kappa shape index (κ2) is 8.45. The maximum Gasteiger partial charge on any atom is 0.239 e. The first-order valence-corrected chi connectivity index (χ1v) is 8.04. The summed E-state index contributed by atoms with van der Waals surface area (Å²) >= 11 is 0. The Labute approximate surface area is 143 Å². The first-order valence-electron chi connectivity index (χ1n) is 8.04. The molecule has 1 aromatic carbocycles. The van der Waals surface area contributed by atoms with E-state index in [0.29, 0.717) is 12.4 Å². The number of anilines is 1. The van der Waals surface area contributed by atoms with E-state index in [4.69, 9.17) is 4.74 Å². The average Bonchev–Trinajstić information content (AvgIpc) is 2.57. The van der Waals surface area contributed by atoms with E-state index in [9.17, 15) is 4.79 Å². The van der Waals surface area contributed by atoms with Crippen LogP contribution in [0.25, 0.3) is 0 Å². The zero-order valence-electron chi connectivity index (χ0n) is 14.7. The number of benzene rings is 1. The van der Waals surface area contributed by atoms with E-state index in [2.05, 4.69) is 23.3 Å². The van der Waals surface area contributed by atoms with E-state index in [1.54, 1.807) is 13.3 Å². The maximum atomic E-state index is 12.2. The number of hydrogen-bond donors (Lipinski definition) is 1. The van der Waals surface area contributed by atoms with Gasteiger partial charge in [0.1, 0.15) is 11.6 Å². The van der Waals surface area contributed by atoms with Crippen molar-refractivity contribution in [3.8, 4) is 5.75 Å². The Hall–Kier alpha value is -2.40. The molecule has 0 saturated carbocycles. The Morgan fingerprint density at radius 2 is 2.04 bits per heavy atom. The molecule has 1 amide bonds. The molecule has 0 bridgehead atoms. The molecule has 0 aliphatic carbocycles. The molecular formula is C19H25N3O2. The maximum absolute atomic E-state index is 12.2. The van der Waals surface area contributed by atoms with E-state index in [1.165, 1.54) is 0 Å². The van der Waals surface area contributed by atoms with Crippen LogP contribution >= 0.6 is 0 Å². The predicted molar refractivity (Wildman–Crippen MR) is 96.4 cm³/mol. The van der Waals surface area contributed by atoms with Gasteiger partial charge in [-0.05, 0) is 50.6 Å². The number of nitrogens with zero attached hydrogens (tertiary/aromatic N) is 2. The van der Waals surface area contributed by atoms with Crippen molar-refractivity contribution < 1.29 is 9.53 Å². The normalized spacial score (nSPS) is 12.0. The number of likely N-dealkylation sites (N-methyl/N-ethyl adjacent to an activating group) is 1. The number of carbonyl (C=O) groups is 1. The van der Waals surface area contributed by atoms with E-state index < -0.39 is 0 Å². The molecule has 0 fully saturated rings. The number of rotatable bonds is 7. The average molecular weight is 327 g/mol. The van der Waals surface area contributed by atoms with Crippen LogP contribution < -0.4 is 10.1 Å². The molecule has 0 radical (unpaired) electrons. The summed E-state index contributed by atoms with van der Waals surface area (Å²) in [4.78, 5) is 18.4. The molecule has 5 nitrogen and oxygen atoms in total. The molecule has 0 saturated heterocycles. The number of methoxy groups -OCH3 is 1. The monoisotopic (exact) mass is 327 g/mol. The van der Waals surface area contributed by atoms with Crippen molar-refractivity contribution in [2.75, 3.05) is 26.0 Å². The van der Waals surface area contributed by atoms with Gasteiger partial charge in [0.25, 0.3) is 0 Å². The molecule has 1 heterocycles. The zero-order valence-corrected chi connectivity index (χ0v) is 14.7. The van der Waals surface area contributed by atoms with Gasteiger partial charge in [-0.15, -0.1) is 0 Å². The third kappa shape index (κ3) is 5.06. The Bertz CT molecular complexity index is 671. The molecule has 0 spiro atoms. The third-order valence-corrected chi connectivity index (χ3v) is 4.03. The zero-order chi connectivity index (χ0) is 17.5. The van der Waals surface area contributed by atoms with Gasteiger partial charge in [0.2, 0.25) is 5.91 Å². The van der Waals surface area contributed by atoms with Crippen LogP contribution in [0.4, 0.5) is 5.82 Å². The Kier molecular flexibility index (Phi) is 6.32. The van der Waals surface area contributed by atoms with Crippen LogP contribution in [-0.2, 0) is 11.2 Å². The lowest BCUT2D eigenvalue weighted by Gasteiger charge is -2.24. The van der Waals surface area contributed by atoms with Gasteiger partial charge in [-0.1, -0.05) is 24.3 Å². The summed E-state index contributed by atoms with van der Waals surface area (Å²) in [6.45, 7) is 4.38. The van der Waals surface area contributed by atoms with Crippen molar-refractivity contribution in [3.63, 3.8) is 0 Å². The number of carbonyl (C=O) groups excluding carboxylic acids is 1. The van der Waals surface area contributed by atoms with Gasteiger partial charge < -0.3 is 10.1 Å². The fourth-order valence-electron chi connectivity index (χ4n) is 2.45. The van der Waals surface area contributed by atoms with E-state index in [1.807, 2.05) is 49.2 Å². The molecule has 0 aliphatic heterocycles. The first kappa shape index (κ1) is 17.9. The molecular weight excluding hydrogens is 302 g/mol. The van der Waals surface area contributed by atoms with Gasteiger partial charge in [-0.3, -0.25) is 9.69 Å². The number of para-hydroxylation sites is 1. The van der Waals surface area contributed by atoms with Crippen molar-refractivity contribution in [1.82, 2.24) is 9.88 Å². The number of pyridine rings is 1. The van der Waals surface area contributed by atoms with Crippen molar-refractivity contribution >= 4 is 11.7 Å². The van der Waals surface area contributed by atoms with E-state index >= 15 is 0 Å². The molecule has 1 aromatic heterocycles. The molecule has 24 heavy (non-hydrogen) atoms. The topological polar surface area (TPSA) is 54.5 Å². The molecule has 128 valence electrons. The largest absolute Gasteiger partial charge is 0.496 e. The smallest absolute Gasteiger partial charge is 0.239 e. The van der Waals surface area contributed by atoms with E-state index in [-0.39, 0.29) is 11.9 Å². The number of amides is 1. The Morgan fingerprint density at radius 1 is 1.29 bits per heavy atom. The minimum atomic E-state index is -0.0688. The summed E-state index contributed by atoms with van der Waals surface area (Å²) in [5, 5.41) is 2.82. The number of ether oxygens (including phenoxy) is 1. The molecule has 1 unspecified atom stereocenters. The Morgan fingerprint density at radius 3 is 2.71 bits per heavy atom. The molecule has 1 atom stereocenters. The van der Waals surface area contributed by atoms with Crippen LogP contribution in [0.3, 0.4) is 0 Å². The first-order chi connectivity index (χ1) is 11.5. The van der Waals surface area contributed by atoms with Gasteiger partial charge in [0.05, 0.1) is 13.7 Å². The standard InChI is InChI=1S/C19H25N3O2/c1-14-9-10-18(20-12-14)21-19(23)13-22(3)15(2)11-16-7-5-6-8-17(16)24-4/h5-10,12,15H,11,13H2,1-4H3,(H,20,21,23). The summed E-state index contributed by atoms with van der Waals surface area (Å²) in [6.07, 6.45) is 2.56. The second-order valence-corrected chi connectivity index (χ2v) is 6.05. The van der Waals surface area contributed by atoms with Crippen LogP contribution in [-0.4, -0.2) is 42.5 Å². The molecule has 0 aliphatic rings. The van der Waals surface area contributed by atoms with Crippen molar-refractivity contribution in [2.24, 2.45) is 0 Å². The number of aryl methyl sites for hydroxylation is 1. The second-order valence-electron chi connectivity index (χ2n) is 6.05. The number of hydrogen-bond acceptors (Lipinski definition) is 4. The lowest BCUT2D eigenvalue weighted by atomic mass is 10.1. The fraction of sp³-hybridized carbons (Fsp3) is 0.368.